The first-order valence-corrected chi connectivity index (χ1v) is 6.38. The summed E-state index contributed by atoms with van der Waals surface area (Å²) in [5, 5.41) is 12.5. The van der Waals surface area contributed by atoms with Crippen molar-refractivity contribution in [2.24, 2.45) is 11.3 Å². The molecule has 15 heavy (non-hydrogen) atoms. The van der Waals surface area contributed by atoms with Crippen LogP contribution in [0.15, 0.2) is 0 Å². The van der Waals surface area contributed by atoms with E-state index >= 15 is 0 Å². The molecule has 0 aromatic carbocycles. The molecular weight excluding hydrogens is 186 g/mol. The quantitative estimate of drug-likeness (QED) is 0.681. The van der Waals surface area contributed by atoms with Crippen molar-refractivity contribution in [3.05, 3.63) is 0 Å². The minimum absolute atomic E-state index is 0.225. The van der Waals surface area contributed by atoms with Crippen molar-refractivity contribution in [2.45, 2.75) is 58.9 Å². The number of hydrogen-bond acceptors (Lipinski definition) is 2. The van der Waals surface area contributed by atoms with Crippen LogP contribution in [0.4, 0.5) is 0 Å². The van der Waals surface area contributed by atoms with E-state index in [2.05, 4.69) is 26.1 Å². The Morgan fingerprint density at radius 1 is 1.40 bits per heavy atom. The Morgan fingerprint density at radius 2 is 2.07 bits per heavy atom. The molecule has 0 aromatic rings. The Kier molecular flexibility index (Phi) is 5.07. The highest BCUT2D eigenvalue weighted by Gasteiger charge is 2.22. The Bertz CT molecular complexity index is 175. The number of nitrogens with one attached hydrogen (secondary N) is 1. The molecule has 0 aliphatic heterocycles. The van der Waals surface area contributed by atoms with Crippen molar-refractivity contribution in [2.75, 3.05) is 13.2 Å². The smallest absolute Gasteiger partial charge is 0.0436 e. The van der Waals surface area contributed by atoms with Gasteiger partial charge in [0.1, 0.15) is 0 Å². The second kappa shape index (κ2) is 5.86. The number of hydrogen-bond donors (Lipinski definition) is 2. The summed E-state index contributed by atoms with van der Waals surface area (Å²) in [4.78, 5) is 0. The maximum Gasteiger partial charge on any atom is 0.0436 e. The van der Waals surface area contributed by atoms with Crippen molar-refractivity contribution in [1.82, 2.24) is 5.32 Å². The van der Waals surface area contributed by atoms with E-state index in [1.165, 1.54) is 25.7 Å². The van der Waals surface area contributed by atoms with Crippen LogP contribution in [0.2, 0.25) is 0 Å². The van der Waals surface area contributed by atoms with E-state index in [0.717, 1.165) is 18.9 Å². The monoisotopic (exact) mass is 213 g/mol. The van der Waals surface area contributed by atoms with E-state index in [1.54, 1.807) is 0 Å². The molecule has 1 aliphatic carbocycles. The molecule has 1 saturated carbocycles. The number of aliphatic hydroxyl groups excluding tert-OH is 1. The summed E-state index contributed by atoms with van der Waals surface area (Å²) in [7, 11) is 0. The van der Waals surface area contributed by atoms with Gasteiger partial charge in [-0.05, 0) is 31.1 Å². The van der Waals surface area contributed by atoms with Crippen LogP contribution in [-0.4, -0.2) is 24.3 Å². The first-order valence-electron chi connectivity index (χ1n) is 6.38. The van der Waals surface area contributed by atoms with Gasteiger partial charge in [-0.15, -0.1) is 0 Å². The van der Waals surface area contributed by atoms with Crippen LogP contribution in [0.3, 0.4) is 0 Å². The van der Waals surface area contributed by atoms with E-state index in [0.29, 0.717) is 12.6 Å². The third-order valence-corrected chi connectivity index (χ3v) is 3.63. The molecule has 1 atom stereocenters. The van der Waals surface area contributed by atoms with Gasteiger partial charge in [0.05, 0.1) is 0 Å². The van der Waals surface area contributed by atoms with Gasteiger partial charge >= 0.3 is 0 Å². The molecule has 1 aliphatic rings. The van der Waals surface area contributed by atoms with Gasteiger partial charge in [-0.2, -0.15) is 0 Å². The zero-order valence-corrected chi connectivity index (χ0v) is 10.6. The lowest BCUT2D eigenvalue weighted by molar-refractivity contribution is 0.196. The molecule has 0 aromatic heterocycles. The summed E-state index contributed by atoms with van der Waals surface area (Å²) in [6, 6.07) is 0.633. The summed E-state index contributed by atoms with van der Waals surface area (Å²) >= 11 is 0. The van der Waals surface area contributed by atoms with E-state index in [1.807, 2.05) is 0 Å². The molecule has 1 rings (SSSR count). The van der Waals surface area contributed by atoms with Gasteiger partial charge in [-0.1, -0.05) is 33.1 Å². The first-order chi connectivity index (χ1) is 7.03. The van der Waals surface area contributed by atoms with Gasteiger partial charge in [-0.3, -0.25) is 0 Å². The summed E-state index contributed by atoms with van der Waals surface area (Å²) in [6.45, 7) is 8.03. The van der Waals surface area contributed by atoms with Crippen molar-refractivity contribution >= 4 is 0 Å². The minimum Gasteiger partial charge on any atom is -0.396 e. The molecule has 0 spiro atoms. The highest BCUT2D eigenvalue weighted by Crippen LogP contribution is 2.30. The maximum atomic E-state index is 8.93. The van der Waals surface area contributed by atoms with E-state index in [4.69, 9.17) is 5.11 Å². The lowest BCUT2D eigenvalue weighted by atomic mass is 9.81. The molecule has 90 valence electrons. The Morgan fingerprint density at radius 3 is 2.53 bits per heavy atom. The fourth-order valence-corrected chi connectivity index (χ4v) is 2.15. The van der Waals surface area contributed by atoms with Gasteiger partial charge in [0.25, 0.3) is 0 Å². The molecule has 2 nitrogen and oxygen atoms in total. The summed E-state index contributed by atoms with van der Waals surface area (Å²) < 4.78 is 0. The van der Waals surface area contributed by atoms with Gasteiger partial charge in [0.2, 0.25) is 0 Å². The van der Waals surface area contributed by atoms with Crippen LogP contribution in [0.25, 0.3) is 0 Å². The van der Waals surface area contributed by atoms with Gasteiger partial charge in [0, 0.05) is 19.2 Å². The average molecular weight is 213 g/mol. The number of aliphatic hydroxyl groups is 1. The molecule has 1 unspecified atom stereocenters. The minimum atomic E-state index is 0.225. The first kappa shape index (κ1) is 13.0. The van der Waals surface area contributed by atoms with E-state index in [9.17, 15) is 0 Å². The van der Waals surface area contributed by atoms with Crippen molar-refractivity contribution in [3.8, 4) is 0 Å². The van der Waals surface area contributed by atoms with Crippen LogP contribution in [-0.2, 0) is 0 Å². The standard InChI is InChI=1S/C13H27NO/c1-11(9-12-5-4-6-12)14-10-13(2,3)7-8-15/h11-12,14-15H,4-10H2,1-3H3. The SMILES string of the molecule is CC(CC1CCC1)NCC(C)(C)CCO. The maximum absolute atomic E-state index is 8.93. The molecule has 0 heterocycles. The predicted molar refractivity (Wildman–Crippen MR) is 64.9 cm³/mol. The van der Waals surface area contributed by atoms with Gasteiger partial charge in [-0.25, -0.2) is 0 Å². The fraction of sp³-hybridized carbons (Fsp3) is 1.00. The molecule has 0 bridgehead atoms. The van der Waals surface area contributed by atoms with E-state index < -0.39 is 0 Å². The summed E-state index contributed by atoms with van der Waals surface area (Å²) in [5.74, 6) is 0.980. The molecule has 0 radical (unpaired) electrons. The van der Waals surface area contributed by atoms with Crippen molar-refractivity contribution in [3.63, 3.8) is 0 Å². The topological polar surface area (TPSA) is 32.3 Å². The van der Waals surface area contributed by atoms with Crippen molar-refractivity contribution < 1.29 is 5.11 Å². The lowest BCUT2D eigenvalue weighted by Gasteiger charge is -2.31. The Labute approximate surface area is 94.5 Å². The summed E-state index contributed by atoms with van der Waals surface area (Å²) in [5.41, 5.74) is 0.225. The molecule has 2 N–H and O–H groups in total. The molecular formula is C13H27NO. The second-order valence-electron chi connectivity index (χ2n) is 5.95. The largest absolute Gasteiger partial charge is 0.396 e. The second-order valence-corrected chi connectivity index (χ2v) is 5.95. The number of rotatable bonds is 7. The highest BCUT2D eigenvalue weighted by molar-refractivity contribution is 4.78. The summed E-state index contributed by atoms with van der Waals surface area (Å²) in [6.07, 6.45) is 6.52. The van der Waals surface area contributed by atoms with Crippen LogP contribution in [0, 0.1) is 11.3 Å². The van der Waals surface area contributed by atoms with Crippen LogP contribution in [0.1, 0.15) is 52.9 Å². The van der Waals surface area contributed by atoms with E-state index in [-0.39, 0.29) is 5.41 Å². The molecule has 2 heteroatoms. The molecule has 1 fully saturated rings. The Balaban J connectivity index is 2.11. The van der Waals surface area contributed by atoms with Crippen LogP contribution in [0.5, 0.6) is 0 Å². The molecule has 0 amide bonds. The predicted octanol–water partition coefficient (Wildman–Crippen LogP) is 2.56. The highest BCUT2D eigenvalue weighted by atomic mass is 16.3. The van der Waals surface area contributed by atoms with Gasteiger partial charge < -0.3 is 10.4 Å². The molecule has 0 saturated heterocycles. The van der Waals surface area contributed by atoms with Crippen molar-refractivity contribution in [1.29, 1.82) is 0 Å². The average Bonchev–Trinajstić information content (AvgIpc) is 2.08. The lowest BCUT2D eigenvalue weighted by Crippen LogP contribution is -2.37. The third-order valence-electron chi connectivity index (χ3n) is 3.63. The zero-order valence-electron chi connectivity index (χ0n) is 10.6. The zero-order chi connectivity index (χ0) is 11.3. The van der Waals surface area contributed by atoms with Gasteiger partial charge in [0.15, 0.2) is 0 Å². The van der Waals surface area contributed by atoms with Crippen LogP contribution < -0.4 is 5.32 Å². The van der Waals surface area contributed by atoms with Crippen LogP contribution >= 0.6 is 0 Å². The Hall–Kier alpha value is -0.0800. The third kappa shape index (κ3) is 4.98. The normalized spacial score (nSPS) is 20.0. The fourth-order valence-electron chi connectivity index (χ4n) is 2.15.